The maximum Gasteiger partial charge on any atom is 0.353 e. The van der Waals surface area contributed by atoms with Gasteiger partial charge in [-0.25, -0.2) is 4.79 Å². The Labute approximate surface area is 204 Å². The number of hydrogen-bond donors (Lipinski definition) is 3. The third-order valence-electron chi connectivity index (χ3n) is 6.96. The van der Waals surface area contributed by atoms with E-state index in [0.29, 0.717) is 12.1 Å². The third kappa shape index (κ3) is 4.62. The summed E-state index contributed by atoms with van der Waals surface area (Å²) in [5.74, 6) is -0.00267. The van der Waals surface area contributed by atoms with E-state index >= 15 is 0 Å². The summed E-state index contributed by atoms with van der Waals surface area (Å²) in [6.45, 7) is 0.400. The van der Waals surface area contributed by atoms with Crippen LogP contribution in [0.25, 0.3) is 22.0 Å². The molecule has 35 heavy (non-hydrogen) atoms. The predicted molar refractivity (Wildman–Crippen MR) is 138 cm³/mol. The van der Waals surface area contributed by atoms with Crippen LogP contribution in [0.15, 0.2) is 72.8 Å². The number of rotatable bonds is 8. The molecular formula is C29H30N2O4. The Kier molecular flexibility index (Phi) is 6.47. The third-order valence-corrected chi connectivity index (χ3v) is 6.96. The Morgan fingerprint density at radius 2 is 1.83 bits per heavy atom. The molecule has 1 atom stereocenters. The van der Waals surface area contributed by atoms with Crippen LogP contribution in [0.4, 0.5) is 5.69 Å². The van der Waals surface area contributed by atoms with Gasteiger partial charge in [-0.05, 0) is 54.3 Å². The molecule has 0 aliphatic heterocycles. The van der Waals surface area contributed by atoms with Crippen LogP contribution in [0.1, 0.15) is 41.7 Å². The lowest BCUT2D eigenvalue weighted by atomic mass is 10.0. The number of nitrogens with zero attached hydrogens (tertiary/aromatic N) is 1. The van der Waals surface area contributed by atoms with Crippen LogP contribution in [-0.4, -0.2) is 34.1 Å². The van der Waals surface area contributed by atoms with Gasteiger partial charge in [-0.3, -0.25) is 0 Å². The lowest BCUT2D eigenvalue weighted by Gasteiger charge is -2.20. The first-order valence-electron chi connectivity index (χ1n) is 12.1. The Morgan fingerprint density at radius 3 is 2.60 bits per heavy atom. The second kappa shape index (κ2) is 9.84. The number of benzene rings is 3. The highest BCUT2D eigenvalue weighted by molar-refractivity contribution is 6.08. The Morgan fingerprint density at radius 1 is 1.06 bits per heavy atom. The minimum absolute atomic E-state index is 0.238. The highest BCUT2D eigenvalue weighted by Crippen LogP contribution is 2.37. The van der Waals surface area contributed by atoms with Crippen molar-refractivity contribution in [2.24, 2.45) is 5.92 Å². The van der Waals surface area contributed by atoms with Crippen LogP contribution >= 0.6 is 0 Å². The number of carboxylic acid groups (broad SMARTS) is 1. The van der Waals surface area contributed by atoms with Gasteiger partial charge in [-0.15, -0.1) is 0 Å². The molecule has 4 aromatic rings. The monoisotopic (exact) mass is 470 g/mol. The number of anilines is 1. The molecule has 0 saturated heterocycles. The quantitative estimate of drug-likeness (QED) is 0.276. The highest BCUT2D eigenvalue weighted by Gasteiger charge is 2.25. The van der Waals surface area contributed by atoms with Crippen LogP contribution in [-0.2, 0) is 6.54 Å². The topological polar surface area (TPSA) is 83.7 Å². The number of carbonyl (C=O) groups is 1. The first kappa shape index (κ1) is 23.0. The fraction of sp³-hybridized carbons (Fsp3) is 0.276. The number of carboxylic acids is 1. The van der Waals surface area contributed by atoms with Gasteiger partial charge in [0.1, 0.15) is 17.7 Å². The van der Waals surface area contributed by atoms with Gasteiger partial charge in [0.05, 0.1) is 7.11 Å². The van der Waals surface area contributed by atoms with Crippen molar-refractivity contribution in [1.82, 2.24) is 4.57 Å². The molecule has 0 bridgehead atoms. The van der Waals surface area contributed by atoms with Crippen molar-refractivity contribution >= 4 is 22.6 Å². The minimum atomic E-state index is -0.983. The summed E-state index contributed by atoms with van der Waals surface area (Å²) in [6.07, 6.45) is 3.74. The summed E-state index contributed by atoms with van der Waals surface area (Å²) in [6, 6.07) is 23.1. The zero-order chi connectivity index (χ0) is 24.4. The number of methoxy groups -OCH3 is 1. The molecule has 1 heterocycles. The number of aromatic carboxylic acids is 1. The van der Waals surface area contributed by atoms with Crippen LogP contribution in [0, 0.1) is 5.92 Å². The van der Waals surface area contributed by atoms with Gasteiger partial charge in [0, 0.05) is 34.6 Å². The second-order valence-electron chi connectivity index (χ2n) is 9.20. The van der Waals surface area contributed by atoms with Crippen molar-refractivity contribution in [2.45, 2.75) is 38.5 Å². The summed E-state index contributed by atoms with van der Waals surface area (Å²) in [5.41, 5.74) is 4.30. The van der Waals surface area contributed by atoms with E-state index in [1.165, 1.54) is 0 Å². The zero-order valence-corrected chi connectivity index (χ0v) is 19.8. The van der Waals surface area contributed by atoms with E-state index in [2.05, 4.69) is 5.32 Å². The second-order valence-corrected chi connectivity index (χ2v) is 9.20. The van der Waals surface area contributed by atoms with E-state index in [9.17, 15) is 15.0 Å². The molecule has 1 saturated carbocycles. The normalized spacial score (nSPS) is 14.8. The SMILES string of the molecule is COc1cccc(Cn2c(C(=O)O)c(-c3cccc(NC(O)C4CCCC4)c3)c3ccccc32)c1. The van der Waals surface area contributed by atoms with Gasteiger partial charge in [0.2, 0.25) is 0 Å². The number of ether oxygens (including phenoxy) is 1. The smallest absolute Gasteiger partial charge is 0.353 e. The van der Waals surface area contributed by atoms with Gasteiger partial charge in [-0.1, -0.05) is 55.3 Å². The summed E-state index contributed by atoms with van der Waals surface area (Å²) >= 11 is 0. The van der Waals surface area contributed by atoms with Crippen LogP contribution < -0.4 is 10.1 Å². The van der Waals surface area contributed by atoms with Crippen molar-refractivity contribution in [1.29, 1.82) is 0 Å². The van der Waals surface area contributed by atoms with Crippen molar-refractivity contribution < 1.29 is 19.7 Å². The van der Waals surface area contributed by atoms with Gasteiger partial charge < -0.3 is 24.8 Å². The van der Waals surface area contributed by atoms with E-state index in [0.717, 1.165) is 59.2 Å². The molecule has 1 aliphatic carbocycles. The van der Waals surface area contributed by atoms with Gasteiger partial charge >= 0.3 is 5.97 Å². The fourth-order valence-electron chi connectivity index (χ4n) is 5.26. The number of para-hydroxylation sites is 1. The van der Waals surface area contributed by atoms with Crippen molar-refractivity contribution in [3.63, 3.8) is 0 Å². The first-order valence-corrected chi connectivity index (χ1v) is 12.1. The maximum absolute atomic E-state index is 12.6. The molecule has 1 unspecified atom stereocenters. The fourth-order valence-corrected chi connectivity index (χ4v) is 5.26. The number of hydrogen-bond acceptors (Lipinski definition) is 4. The van der Waals surface area contributed by atoms with E-state index in [1.807, 2.05) is 77.4 Å². The van der Waals surface area contributed by atoms with Crippen LogP contribution in [0.5, 0.6) is 5.75 Å². The molecular weight excluding hydrogens is 440 g/mol. The van der Waals surface area contributed by atoms with E-state index in [-0.39, 0.29) is 11.6 Å². The largest absolute Gasteiger partial charge is 0.497 e. The maximum atomic E-state index is 12.6. The molecule has 1 aromatic heterocycles. The standard InChI is InChI=1S/C29H30N2O4/c1-35-23-13-6-8-19(16-23)18-31-25-15-5-4-14-24(25)26(27(31)29(33)34)21-11-7-12-22(17-21)30-28(32)20-9-2-3-10-20/h4-8,11-17,20,28,30,32H,2-3,9-10,18H2,1H3,(H,33,34). The summed E-state index contributed by atoms with van der Waals surface area (Å²) < 4.78 is 7.22. The van der Waals surface area contributed by atoms with Gasteiger partial charge in [-0.2, -0.15) is 0 Å². The molecule has 3 aromatic carbocycles. The zero-order valence-electron chi connectivity index (χ0n) is 19.8. The lowest BCUT2D eigenvalue weighted by molar-refractivity contribution is 0.0687. The molecule has 1 aliphatic rings. The molecule has 0 radical (unpaired) electrons. The van der Waals surface area contributed by atoms with Crippen molar-refractivity contribution in [3.8, 4) is 16.9 Å². The lowest BCUT2D eigenvalue weighted by Crippen LogP contribution is -2.26. The molecule has 6 nitrogen and oxygen atoms in total. The Bertz CT molecular complexity index is 1350. The molecule has 1 fully saturated rings. The average Bonchev–Trinajstić information content (AvgIpc) is 3.52. The average molecular weight is 471 g/mol. The number of aromatic nitrogens is 1. The number of aliphatic hydroxyl groups is 1. The van der Waals surface area contributed by atoms with Crippen molar-refractivity contribution in [3.05, 3.63) is 84.1 Å². The van der Waals surface area contributed by atoms with Gasteiger partial charge in [0.25, 0.3) is 0 Å². The minimum Gasteiger partial charge on any atom is -0.497 e. The molecule has 180 valence electrons. The molecule has 0 spiro atoms. The number of nitrogens with one attached hydrogen (secondary N) is 1. The summed E-state index contributed by atoms with van der Waals surface area (Å²) in [7, 11) is 1.62. The number of aliphatic hydroxyl groups excluding tert-OH is 1. The molecule has 5 rings (SSSR count). The summed E-state index contributed by atoms with van der Waals surface area (Å²) in [5, 5.41) is 25.1. The van der Waals surface area contributed by atoms with E-state index in [1.54, 1.807) is 7.11 Å². The Balaban J connectivity index is 1.59. The van der Waals surface area contributed by atoms with Crippen LogP contribution in [0.2, 0.25) is 0 Å². The predicted octanol–water partition coefficient (Wildman–Crippen LogP) is 5.98. The Hall–Kier alpha value is -3.77. The first-order chi connectivity index (χ1) is 17.0. The van der Waals surface area contributed by atoms with E-state index in [4.69, 9.17) is 4.74 Å². The molecule has 3 N–H and O–H groups in total. The molecule has 6 heteroatoms. The van der Waals surface area contributed by atoms with E-state index < -0.39 is 12.2 Å². The highest BCUT2D eigenvalue weighted by atomic mass is 16.5. The number of fused-ring (bicyclic) bond motifs is 1. The van der Waals surface area contributed by atoms with Crippen molar-refractivity contribution in [2.75, 3.05) is 12.4 Å². The van der Waals surface area contributed by atoms with Gasteiger partial charge in [0.15, 0.2) is 0 Å². The summed E-state index contributed by atoms with van der Waals surface area (Å²) in [4.78, 5) is 12.6. The molecule has 0 amide bonds. The van der Waals surface area contributed by atoms with Crippen LogP contribution in [0.3, 0.4) is 0 Å².